The summed E-state index contributed by atoms with van der Waals surface area (Å²) in [5, 5.41) is 13.5. The second-order valence-corrected chi connectivity index (χ2v) is 6.18. The van der Waals surface area contributed by atoms with Crippen molar-refractivity contribution in [2.75, 3.05) is 0 Å². The summed E-state index contributed by atoms with van der Waals surface area (Å²) in [7, 11) is 0. The third kappa shape index (κ3) is 2.26. The van der Waals surface area contributed by atoms with Crippen LogP contribution in [0.4, 0.5) is 0 Å². The highest BCUT2D eigenvalue weighted by atomic mass is 16.8. The first kappa shape index (κ1) is 15.2. The molecule has 2 saturated heterocycles. The van der Waals surface area contributed by atoms with Crippen LogP contribution in [0.25, 0.3) is 6.08 Å². The Morgan fingerprint density at radius 1 is 1.32 bits per heavy atom. The van der Waals surface area contributed by atoms with E-state index >= 15 is 0 Å². The lowest BCUT2D eigenvalue weighted by atomic mass is 9.89. The number of hydrogen-bond acceptors (Lipinski definition) is 4. The number of carbonyl (C=O) groups excluding carboxylic acids is 1. The van der Waals surface area contributed by atoms with Crippen molar-refractivity contribution in [2.45, 2.75) is 50.8 Å². The fraction of sp³-hybridized carbons (Fsp3) is 0.471. The van der Waals surface area contributed by atoms with Gasteiger partial charge in [-0.15, -0.1) is 0 Å². The summed E-state index contributed by atoms with van der Waals surface area (Å²) >= 11 is 0. The summed E-state index contributed by atoms with van der Waals surface area (Å²) in [6.07, 6.45) is 0.775. The predicted octanol–water partition coefficient (Wildman–Crippen LogP) is 1.82. The highest BCUT2D eigenvalue weighted by Crippen LogP contribution is 2.45. The molecule has 1 aromatic rings. The molecule has 0 aliphatic carbocycles. The summed E-state index contributed by atoms with van der Waals surface area (Å²) in [4.78, 5) is 12.5. The van der Waals surface area contributed by atoms with Crippen LogP contribution in [-0.4, -0.2) is 34.6 Å². The van der Waals surface area contributed by atoms with E-state index in [0.717, 1.165) is 5.56 Å². The van der Waals surface area contributed by atoms with Gasteiger partial charge < -0.3 is 19.9 Å². The normalized spacial score (nSPS) is 35.3. The van der Waals surface area contributed by atoms with Crippen LogP contribution in [0.5, 0.6) is 0 Å². The van der Waals surface area contributed by atoms with Crippen molar-refractivity contribution < 1.29 is 19.4 Å². The molecule has 22 heavy (non-hydrogen) atoms. The number of hydrogen-bond donors (Lipinski definition) is 2. The lowest BCUT2D eigenvalue weighted by Gasteiger charge is -2.28. The van der Waals surface area contributed by atoms with Gasteiger partial charge in [-0.25, -0.2) is 0 Å². The second-order valence-electron chi connectivity index (χ2n) is 6.18. The minimum Gasteiger partial charge on any atom is -0.383 e. The van der Waals surface area contributed by atoms with Crippen molar-refractivity contribution in [2.24, 2.45) is 0 Å². The zero-order valence-corrected chi connectivity index (χ0v) is 13.0. The Kier molecular flexibility index (Phi) is 3.59. The van der Waals surface area contributed by atoms with E-state index in [0.29, 0.717) is 12.1 Å². The maximum absolute atomic E-state index is 12.5. The average Bonchev–Trinajstić information content (AvgIpc) is 2.89. The molecule has 2 N–H and O–H groups in total. The standard InChI is InChI=1S/C17H21NO4/c1-4-13-17(22-16(2,3)21-13)14(19)12(18-15(17)20)10-11-8-6-5-7-9-11/h5-10,13-14,19H,4H2,1-3H3,(H,18,20)/b12-10-/t13-,14+,17-/m1/s1. The van der Waals surface area contributed by atoms with Gasteiger partial charge >= 0.3 is 0 Å². The molecule has 0 radical (unpaired) electrons. The van der Waals surface area contributed by atoms with Gasteiger partial charge in [-0.05, 0) is 31.9 Å². The predicted molar refractivity (Wildman–Crippen MR) is 81.6 cm³/mol. The fourth-order valence-corrected chi connectivity index (χ4v) is 3.23. The minimum atomic E-state index is -1.38. The monoisotopic (exact) mass is 303 g/mol. The summed E-state index contributed by atoms with van der Waals surface area (Å²) < 4.78 is 11.7. The van der Waals surface area contributed by atoms with Crippen molar-refractivity contribution in [3.63, 3.8) is 0 Å². The summed E-state index contributed by atoms with van der Waals surface area (Å²) in [6.45, 7) is 5.42. The van der Waals surface area contributed by atoms with Crippen LogP contribution in [0.3, 0.4) is 0 Å². The lowest BCUT2D eigenvalue weighted by Crippen LogP contribution is -2.53. The molecule has 2 heterocycles. The Morgan fingerprint density at radius 2 is 2.00 bits per heavy atom. The van der Waals surface area contributed by atoms with Gasteiger partial charge in [0.2, 0.25) is 5.60 Å². The zero-order chi connectivity index (χ0) is 16.0. The van der Waals surface area contributed by atoms with Crippen molar-refractivity contribution in [3.05, 3.63) is 41.6 Å². The van der Waals surface area contributed by atoms with Gasteiger partial charge in [-0.1, -0.05) is 37.3 Å². The Labute approximate surface area is 129 Å². The molecule has 0 saturated carbocycles. The van der Waals surface area contributed by atoms with E-state index in [9.17, 15) is 9.90 Å². The highest BCUT2D eigenvalue weighted by molar-refractivity contribution is 5.94. The first-order chi connectivity index (χ1) is 10.4. The number of aliphatic hydroxyl groups is 1. The van der Waals surface area contributed by atoms with E-state index in [1.54, 1.807) is 19.9 Å². The Hall–Kier alpha value is -1.69. The number of rotatable bonds is 2. The number of ether oxygens (including phenoxy) is 2. The van der Waals surface area contributed by atoms with Crippen LogP contribution >= 0.6 is 0 Å². The van der Waals surface area contributed by atoms with Crippen LogP contribution < -0.4 is 5.32 Å². The van der Waals surface area contributed by atoms with Gasteiger partial charge in [0.25, 0.3) is 5.91 Å². The van der Waals surface area contributed by atoms with E-state index in [4.69, 9.17) is 9.47 Å². The smallest absolute Gasteiger partial charge is 0.262 e. The molecule has 118 valence electrons. The molecule has 2 aliphatic heterocycles. The van der Waals surface area contributed by atoms with E-state index in [1.165, 1.54) is 0 Å². The lowest BCUT2D eigenvalue weighted by molar-refractivity contribution is -0.181. The van der Waals surface area contributed by atoms with E-state index in [-0.39, 0.29) is 5.91 Å². The Bertz CT molecular complexity index is 610. The van der Waals surface area contributed by atoms with E-state index in [2.05, 4.69) is 5.32 Å². The molecule has 5 nitrogen and oxygen atoms in total. The molecule has 3 rings (SSSR count). The summed E-state index contributed by atoms with van der Waals surface area (Å²) in [5.74, 6) is -1.25. The first-order valence-electron chi connectivity index (χ1n) is 7.53. The van der Waals surface area contributed by atoms with Crippen LogP contribution in [0.1, 0.15) is 32.8 Å². The molecule has 5 heteroatoms. The Balaban J connectivity index is 1.98. The van der Waals surface area contributed by atoms with Crippen molar-refractivity contribution in [3.8, 4) is 0 Å². The number of amides is 1. The fourth-order valence-electron chi connectivity index (χ4n) is 3.23. The Morgan fingerprint density at radius 3 is 2.64 bits per heavy atom. The van der Waals surface area contributed by atoms with Gasteiger partial charge in [-0.2, -0.15) is 0 Å². The second kappa shape index (κ2) is 5.19. The molecular weight excluding hydrogens is 282 g/mol. The van der Waals surface area contributed by atoms with Crippen LogP contribution in [0, 0.1) is 0 Å². The maximum atomic E-state index is 12.5. The van der Waals surface area contributed by atoms with Crippen LogP contribution in [0.15, 0.2) is 36.0 Å². The maximum Gasteiger partial charge on any atom is 0.262 e. The molecule has 2 aliphatic rings. The molecule has 0 bridgehead atoms. The van der Waals surface area contributed by atoms with E-state index < -0.39 is 23.6 Å². The zero-order valence-electron chi connectivity index (χ0n) is 13.0. The summed E-state index contributed by atoms with van der Waals surface area (Å²) in [6, 6.07) is 9.53. The molecule has 3 atom stereocenters. The minimum absolute atomic E-state index is 0.348. The van der Waals surface area contributed by atoms with Gasteiger partial charge in [0.15, 0.2) is 5.79 Å². The first-order valence-corrected chi connectivity index (χ1v) is 7.53. The number of aliphatic hydroxyl groups excluding tert-OH is 1. The molecular formula is C17H21NO4. The molecule has 1 amide bonds. The number of carbonyl (C=O) groups is 1. The van der Waals surface area contributed by atoms with Gasteiger partial charge in [0.05, 0.1) is 5.70 Å². The largest absolute Gasteiger partial charge is 0.383 e. The quantitative estimate of drug-likeness (QED) is 0.874. The van der Waals surface area contributed by atoms with Crippen LogP contribution in [0.2, 0.25) is 0 Å². The van der Waals surface area contributed by atoms with Crippen molar-refractivity contribution in [1.29, 1.82) is 0 Å². The molecule has 0 aromatic heterocycles. The third-order valence-corrected chi connectivity index (χ3v) is 4.13. The van der Waals surface area contributed by atoms with Gasteiger partial charge in [0, 0.05) is 0 Å². The van der Waals surface area contributed by atoms with Crippen molar-refractivity contribution >= 4 is 12.0 Å². The number of nitrogens with one attached hydrogen (secondary N) is 1. The average molecular weight is 303 g/mol. The topological polar surface area (TPSA) is 67.8 Å². The van der Waals surface area contributed by atoms with Crippen molar-refractivity contribution in [1.82, 2.24) is 5.32 Å². The van der Waals surface area contributed by atoms with E-state index in [1.807, 2.05) is 37.3 Å². The SMILES string of the molecule is CC[C@H]1OC(C)(C)O[C@]12C(=O)N/C(=C\c1ccccc1)[C@@H]2O. The third-order valence-electron chi connectivity index (χ3n) is 4.13. The highest BCUT2D eigenvalue weighted by Gasteiger charge is 2.65. The van der Waals surface area contributed by atoms with Gasteiger partial charge in [-0.3, -0.25) is 4.79 Å². The number of benzene rings is 1. The summed E-state index contributed by atoms with van der Waals surface area (Å²) in [5.41, 5.74) is -0.0325. The molecule has 1 spiro atoms. The molecule has 2 fully saturated rings. The van der Waals surface area contributed by atoms with Crippen LogP contribution in [-0.2, 0) is 14.3 Å². The molecule has 1 aromatic carbocycles. The van der Waals surface area contributed by atoms with Gasteiger partial charge in [0.1, 0.15) is 12.2 Å². The molecule has 0 unspecified atom stereocenters.